The van der Waals surface area contributed by atoms with Crippen molar-refractivity contribution in [3.05, 3.63) is 22.9 Å². The summed E-state index contributed by atoms with van der Waals surface area (Å²) in [5.74, 6) is -1.52. The first-order valence-electron chi connectivity index (χ1n) is 4.58. The number of ether oxygens (including phenoxy) is 1. The number of hydrogen-bond acceptors (Lipinski definition) is 3. The SMILES string of the molecule is Cc1nc(OC(F)(F)F)c(C(F)(F)F)cc1CN. The first kappa shape index (κ1) is 14.6. The van der Waals surface area contributed by atoms with Crippen molar-refractivity contribution in [1.29, 1.82) is 0 Å². The highest BCUT2D eigenvalue weighted by molar-refractivity contribution is 5.36. The maximum atomic E-state index is 12.5. The van der Waals surface area contributed by atoms with Gasteiger partial charge in [-0.15, -0.1) is 13.2 Å². The summed E-state index contributed by atoms with van der Waals surface area (Å²) in [6, 6.07) is 0.503. The van der Waals surface area contributed by atoms with Crippen molar-refractivity contribution in [2.45, 2.75) is 26.0 Å². The molecule has 1 heterocycles. The molecule has 0 spiro atoms. The van der Waals surface area contributed by atoms with E-state index in [4.69, 9.17) is 5.73 Å². The number of pyridine rings is 1. The number of nitrogens with zero attached hydrogens (tertiary/aromatic N) is 1. The van der Waals surface area contributed by atoms with E-state index in [9.17, 15) is 26.3 Å². The summed E-state index contributed by atoms with van der Waals surface area (Å²) in [5.41, 5.74) is 3.51. The van der Waals surface area contributed by atoms with Crippen molar-refractivity contribution >= 4 is 0 Å². The van der Waals surface area contributed by atoms with Gasteiger partial charge in [-0.2, -0.15) is 13.2 Å². The van der Waals surface area contributed by atoms with Crippen LogP contribution in [0.5, 0.6) is 5.88 Å². The molecule has 0 bridgehead atoms. The fourth-order valence-electron chi connectivity index (χ4n) is 1.22. The van der Waals surface area contributed by atoms with E-state index in [0.29, 0.717) is 6.07 Å². The van der Waals surface area contributed by atoms with Crippen molar-refractivity contribution in [3.8, 4) is 5.88 Å². The first-order valence-corrected chi connectivity index (χ1v) is 4.58. The van der Waals surface area contributed by atoms with Gasteiger partial charge in [0.25, 0.3) is 0 Å². The van der Waals surface area contributed by atoms with Crippen LogP contribution in [0.4, 0.5) is 26.3 Å². The number of aromatic nitrogens is 1. The Hall–Kier alpha value is -1.51. The lowest BCUT2D eigenvalue weighted by Crippen LogP contribution is -2.22. The Morgan fingerprint density at radius 2 is 1.78 bits per heavy atom. The molecule has 0 saturated carbocycles. The Balaban J connectivity index is 3.35. The third-order valence-electron chi connectivity index (χ3n) is 2.02. The Labute approximate surface area is 97.6 Å². The molecule has 0 fully saturated rings. The Morgan fingerprint density at radius 1 is 1.22 bits per heavy atom. The van der Waals surface area contributed by atoms with E-state index in [-0.39, 0.29) is 17.8 Å². The molecule has 0 aliphatic heterocycles. The highest BCUT2D eigenvalue weighted by Gasteiger charge is 2.40. The van der Waals surface area contributed by atoms with Crippen LogP contribution in [0.3, 0.4) is 0 Å². The maximum absolute atomic E-state index is 12.5. The third kappa shape index (κ3) is 3.49. The molecule has 2 N–H and O–H groups in total. The van der Waals surface area contributed by atoms with Crippen LogP contribution in [0.1, 0.15) is 16.8 Å². The fourth-order valence-corrected chi connectivity index (χ4v) is 1.22. The van der Waals surface area contributed by atoms with E-state index < -0.39 is 24.0 Å². The second-order valence-electron chi connectivity index (χ2n) is 3.34. The van der Waals surface area contributed by atoms with E-state index in [1.165, 1.54) is 6.92 Å². The predicted octanol–water partition coefficient (Wildman–Crippen LogP) is 2.77. The second-order valence-corrected chi connectivity index (χ2v) is 3.34. The summed E-state index contributed by atoms with van der Waals surface area (Å²) in [6.07, 6.45) is -10.3. The van der Waals surface area contributed by atoms with Gasteiger partial charge in [-0.3, -0.25) is 0 Å². The van der Waals surface area contributed by atoms with Crippen LogP contribution in [-0.4, -0.2) is 11.3 Å². The monoisotopic (exact) mass is 274 g/mol. The molecule has 0 unspecified atom stereocenters. The zero-order valence-corrected chi connectivity index (χ0v) is 8.99. The topological polar surface area (TPSA) is 48.1 Å². The van der Waals surface area contributed by atoms with Crippen molar-refractivity contribution in [3.63, 3.8) is 0 Å². The van der Waals surface area contributed by atoms with Gasteiger partial charge in [0.2, 0.25) is 5.88 Å². The summed E-state index contributed by atoms with van der Waals surface area (Å²) < 4.78 is 76.8. The minimum atomic E-state index is -5.25. The molecule has 0 aromatic carbocycles. The number of hydrogen-bond donors (Lipinski definition) is 1. The first-order chi connectivity index (χ1) is 8.04. The van der Waals surface area contributed by atoms with Crippen LogP contribution in [0, 0.1) is 6.92 Å². The van der Waals surface area contributed by atoms with Crippen LogP contribution in [0.15, 0.2) is 6.07 Å². The van der Waals surface area contributed by atoms with E-state index >= 15 is 0 Å². The predicted molar refractivity (Wildman–Crippen MR) is 48.6 cm³/mol. The number of halogens is 6. The van der Waals surface area contributed by atoms with Crippen LogP contribution in [-0.2, 0) is 12.7 Å². The third-order valence-corrected chi connectivity index (χ3v) is 2.02. The highest BCUT2D eigenvalue weighted by atomic mass is 19.4. The maximum Gasteiger partial charge on any atom is 0.574 e. The van der Waals surface area contributed by atoms with Gasteiger partial charge < -0.3 is 10.5 Å². The quantitative estimate of drug-likeness (QED) is 0.843. The van der Waals surface area contributed by atoms with Crippen LogP contribution < -0.4 is 10.5 Å². The summed E-state index contributed by atoms with van der Waals surface area (Å²) in [4.78, 5) is 3.15. The van der Waals surface area contributed by atoms with Crippen LogP contribution >= 0.6 is 0 Å². The van der Waals surface area contributed by atoms with Crippen molar-refractivity contribution in [2.75, 3.05) is 0 Å². The molecule has 1 aromatic rings. The minimum absolute atomic E-state index is 0.00292. The molecular weight excluding hydrogens is 266 g/mol. The lowest BCUT2D eigenvalue weighted by atomic mass is 10.1. The second kappa shape index (κ2) is 4.63. The van der Waals surface area contributed by atoms with Gasteiger partial charge in [0.1, 0.15) is 5.56 Å². The lowest BCUT2D eigenvalue weighted by molar-refractivity contribution is -0.277. The van der Waals surface area contributed by atoms with Gasteiger partial charge in [-0.1, -0.05) is 0 Å². The van der Waals surface area contributed by atoms with E-state index in [2.05, 4.69) is 9.72 Å². The van der Waals surface area contributed by atoms with Crippen molar-refractivity contribution in [2.24, 2.45) is 5.73 Å². The van der Waals surface area contributed by atoms with Gasteiger partial charge in [0.15, 0.2) is 0 Å². The number of alkyl halides is 6. The molecule has 18 heavy (non-hydrogen) atoms. The number of aryl methyl sites for hydroxylation is 1. The average Bonchev–Trinajstić information content (AvgIpc) is 2.13. The molecule has 0 saturated heterocycles. The molecule has 0 aliphatic rings. The van der Waals surface area contributed by atoms with Crippen molar-refractivity contribution < 1.29 is 31.1 Å². The highest BCUT2D eigenvalue weighted by Crippen LogP contribution is 2.38. The summed E-state index contributed by atoms with van der Waals surface area (Å²) >= 11 is 0. The molecule has 0 amide bonds. The van der Waals surface area contributed by atoms with E-state index in [0.717, 1.165) is 0 Å². The van der Waals surface area contributed by atoms with Gasteiger partial charge >= 0.3 is 12.5 Å². The largest absolute Gasteiger partial charge is 0.574 e. The van der Waals surface area contributed by atoms with Gasteiger partial charge in [-0.25, -0.2) is 4.98 Å². The van der Waals surface area contributed by atoms with Crippen molar-refractivity contribution in [1.82, 2.24) is 4.98 Å². The standard InChI is InChI=1S/C9H8F6N2O/c1-4-5(3-16)2-6(8(10,11)12)7(17-4)18-9(13,14)15/h2H,3,16H2,1H3. The molecule has 0 atom stereocenters. The zero-order valence-electron chi connectivity index (χ0n) is 8.99. The Bertz CT molecular complexity index is 440. The Kier molecular flexibility index (Phi) is 3.75. The smallest absolute Gasteiger partial charge is 0.387 e. The molecule has 3 nitrogen and oxygen atoms in total. The van der Waals surface area contributed by atoms with E-state index in [1.807, 2.05) is 0 Å². The number of rotatable bonds is 2. The molecule has 102 valence electrons. The Morgan fingerprint density at radius 3 is 2.17 bits per heavy atom. The minimum Gasteiger partial charge on any atom is -0.387 e. The summed E-state index contributed by atoms with van der Waals surface area (Å²) in [7, 11) is 0. The molecule has 1 rings (SSSR count). The van der Waals surface area contributed by atoms with E-state index in [1.54, 1.807) is 0 Å². The molecule has 0 radical (unpaired) electrons. The summed E-state index contributed by atoms with van der Waals surface area (Å²) in [5, 5.41) is 0. The fraction of sp³-hybridized carbons (Fsp3) is 0.444. The number of nitrogens with two attached hydrogens (primary N) is 1. The lowest BCUT2D eigenvalue weighted by Gasteiger charge is -2.16. The summed E-state index contributed by atoms with van der Waals surface area (Å²) in [6.45, 7) is 0.972. The molecule has 0 aliphatic carbocycles. The molecule has 9 heteroatoms. The zero-order chi connectivity index (χ0) is 14.1. The normalized spacial score (nSPS) is 12.7. The van der Waals surface area contributed by atoms with Gasteiger partial charge in [0.05, 0.1) is 0 Å². The van der Waals surface area contributed by atoms with Crippen LogP contribution in [0.25, 0.3) is 0 Å². The van der Waals surface area contributed by atoms with Gasteiger partial charge in [-0.05, 0) is 18.6 Å². The van der Waals surface area contributed by atoms with Gasteiger partial charge in [0, 0.05) is 12.2 Å². The van der Waals surface area contributed by atoms with Crippen LogP contribution in [0.2, 0.25) is 0 Å². The average molecular weight is 274 g/mol. The molecule has 1 aromatic heterocycles. The molecular formula is C9H8F6N2O.